The molecular formula is C21H17N3O2. The number of hydrogen-bond donors (Lipinski definition) is 1. The number of nitrogens with zero attached hydrogens (tertiary/aromatic N) is 3. The van der Waals surface area contributed by atoms with Gasteiger partial charge >= 0.3 is 5.97 Å². The van der Waals surface area contributed by atoms with E-state index in [9.17, 15) is 15.2 Å². The van der Waals surface area contributed by atoms with E-state index in [1.54, 1.807) is 41.1 Å². The van der Waals surface area contributed by atoms with Gasteiger partial charge in [0.1, 0.15) is 17.3 Å². The van der Waals surface area contributed by atoms with Crippen LogP contribution < -0.4 is 0 Å². The summed E-state index contributed by atoms with van der Waals surface area (Å²) in [6.07, 6.45) is 3.46. The van der Waals surface area contributed by atoms with Gasteiger partial charge in [0.2, 0.25) is 0 Å². The van der Waals surface area contributed by atoms with E-state index in [1.165, 1.54) is 0 Å². The fourth-order valence-corrected chi connectivity index (χ4v) is 2.80. The van der Waals surface area contributed by atoms with Gasteiger partial charge in [0.15, 0.2) is 0 Å². The zero-order valence-electron chi connectivity index (χ0n) is 14.3. The molecule has 0 saturated carbocycles. The SMILES string of the molecule is CCn1nc(-c2ccccc2)c(C#N)c1/C=C/c1ccccc1C(=O)O. The van der Waals surface area contributed by atoms with Crippen molar-refractivity contribution in [3.8, 4) is 17.3 Å². The van der Waals surface area contributed by atoms with Crippen molar-refractivity contribution in [1.82, 2.24) is 9.78 Å². The Hall–Kier alpha value is -3.65. The second kappa shape index (κ2) is 7.49. The van der Waals surface area contributed by atoms with Crippen LogP contribution in [0.2, 0.25) is 0 Å². The van der Waals surface area contributed by atoms with E-state index in [0.717, 1.165) is 5.56 Å². The highest BCUT2D eigenvalue weighted by molar-refractivity contribution is 5.93. The molecular weight excluding hydrogens is 326 g/mol. The number of hydrogen-bond acceptors (Lipinski definition) is 3. The van der Waals surface area contributed by atoms with Crippen LogP contribution in [0.15, 0.2) is 54.6 Å². The van der Waals surface area contributed by atoms with Crippen molar-refractivity contribution in [2.24, 2.45) is 0 Å². The van der Waals surface area contributed by atoms with Gasteiger partial charge in [-0.25, -0.2) is 4.79 Å². The van der Waals surface area contributed by atoms with Crippen molar-refractivity contribution in [2.75, 3.05) is 0 Å². The third-order valence-electron chi connectivity index (χ3n) is 4.06. The molecule has 1 N–H and O–H groups in total. The highest BCUT2D eigenvalue weighted by Gasteiger charge is 2.17. The Labute approximate surface area is 151 Å². The molecule has 0 aliphatic carbocycles. The predicted octanol–water partition coefficient (Wildman–Crippen LogP) is 4.31. The van der Waals surface area contributed by atoms with Gasteiger partial charge in [-0.15, -0.1) is 0 Å². The first-order valence-corrected chi connectivity index (χ1v) is 8.22. The maximum atomic E-state index is 11.4. The molecule has 0 saturated heterocycles. The first kappa shape index (κ1) is 17.2. The summed E-state index contributed by atoms with van der Waals surface area (Å²) in [5, 5.41) is 23.6. The van der Waals surface area contributed by atoms with Crippen LogP contribution in [0.5, 0.6) is 0 Å². The molecule has 3 aromatic rings. The first-order chi connectivity index (χ1) is 12.7. The molecule has 0 amide bonds. The Balaban J connectivity index is 2.10. The normalized spacial score (nSPS) is 10.8. The number of aryl methyl sites for hydroxylation is 1. The Morgan fingerprint density at radius 3 is 2.50 bits per heavy atom. The zero-order chi connectivity index (χ0) is 18.5. The van der Waals surface area contributed by atoms with E-state index in [0.29, 0.717) is 29.1 Å². The number of carbonyl (C=O) groups is 1. The van der Waals surface area contributed by atoms with Crippen molar-refractivity contribution in [3.05, 3.63) is 77.0 Å². The second-order valence-electron chi connectivity index (χ2n) is 5.63. The summed E-state index contributed by atoms with van der Waals surface area (Å²) in [6, 6.07) is 18.5. The van der Waals surface area contributed by atoms with Crippen molar-refractivity contribution < 1.29 is 9.90 Å². The van der Waals surface area contributed by atoms with Gasteiger partial charge in [0, 0.05) is 12.1 Å². The Bertz CT molecular complexity index is 1010. The van der Waals surface area contributed by atoms with Crippen molar-refractivity contribution in [2.45, 2.75) is 13.5 Å². The molecule has 0 aliphatic heterocycles. The van der Waals surface area contributed by atoms with E-state index in [1.807, 2.05) is 37.3 Å². The number of benzene rings is 2. The van der Waals surface area contributed by atoms with Crippen molar-refractivity contribution in [1.29, 1.82) is 5.26 Å². The molecule has 0 fully saturated rings. The lowest BCUT2D eigenvalue weighted by Crippen LogP contribution is -2.00. The molecule has 0 aliphatic rings. The molecule has 0 radical (unpaired) electrons. The fourth-order valence-electron chi connectivity index (χ4n) is 2.80. The minimum atomic E-state index is -0.986. The average molecular weight is 343 g/mol. The lowest BCUT2D eigenvalue weighted by Gasteiger charge is -2.02. The minimum Gasteiger partial charge on any atom is -0.478 e. The monoisotopic (exact) mass is 343 g/mol. The van der Waals surface area contributed by atoms with Crippen LogP contribution in [-0.4, -0.2) is 20.9 Å². The molecule has 2 aromatic carbocycles. The number of carboxylic acid groups (broad SMARTS) is 1. The molecule has 0 spiro atoms. The summed E-state index contributed by atoms with van der Waals surface area (Å²) >= 11 is 0. The third kappa shape index (κ3) is 3.26. The summed E-state index contributed by atoms with van der Waals surface area (Å²) in [4.78, 5) is 11.4. The fraction of sp³-hybridized carbons (Fsp3) is 0.0952. The summed E-state index contributed by atoms with van der Waals surface area (Å²) < 4.78 is 1.75. The van der Waals surface area contributed by atoms with Crippen LogP contribution in [0.1, 0.15) is 34.1 Å². The van der Waals surface area contributed by atoms with Gasteiger partial charge in [-0.1, -0.05) is 54.6 Å². The van der Waals surface area contributed by atoms with Gasteiger partial charge in [0.25, 0.3) is 0 Å². The lowest BCUT2D eigenvalue weighted by molar-refractivity contribution is 0.0696. The van der Waals surface area contributed by atoms with Crippen LogP contribution in [0.25, 0.3) is 23.4 Å². The number of aromatic carboxylic acids is 1. The van der Waals surface area contributed by atoms with Crippen molar-refractivity contribution in [3.63, 3.8) is 0 Å². The Kier molecular flexibility index (Phi) is 4.95. The van der Waals surface area contributed by atoms with Crippen LogP contribution in [0.4, 0.5) is 0 Å². The molecule has 3 rings (SSSR count). The highest BCUT2D eigenvalue weighted by Crippen LogP contribution is 2.26. The number of carboxylic acids is 1. The quantitative estimate of drug-likeness (QED) is 0.748. The molecule has 1 heterocycles. The second-order valence-corrected chi connectivity index (χ2v) is 5.63. The van der Waals surface area contributed by atoms with E-state index >= 15 is 0 Å². The first-order valence-electron chi connectivity index (χ1n) is 8.22. The Morgan fingerprint density at radius 2 is 1.85 bits per heavy atom. The lowest BCUT2D eigenvalue weighted by atomic mass is 10.0. The van der Waals surface area contributed by atoms with Gasteiger partial charge in [-0.2, -0.15) is 10.4 Å². The van der Waals surface area contributed by atoms with Crippen LogP contribution in [-0.2, 0) is 6.54 Å². The number of aromatic nitrogens is 2. The number of rotatable bonds is 5. The molecule has 1 aromatic heterocycles. The summed E-state index contributed by atoms with van der Waals surface area (Å²) in [5.74, 6) is -0.986. The van der Waals surface area contributed by atoms with Gasteiger partial charge in [0.05, 0.1) is 11.3 Å². The van der Waals surface area contributed by atoms with Crippen LogP contribution in [0, 0.1) is 11.3 Å². The number of nitriles is 1. The van der Waals surface area contributed by atoms with Crippen LogP contribution in [0.3, 0.4) is 0 Å². The highest BCUT2D eigenvalue weighted by atomic mass is 16.4. The summed E-state index contributed by atoms with van der Waals surface area (Å²) in [7, 11) is 0. The molecule has 0 atom stereocenters. The third-order valence-corrected chi connectivity index (χ3v) is 4.06. The van der Waals surface area contributed by atoms with Crippen LogP contribution >= 0.6 is 0 Å². The Morgan fingerprint density at radius 1 is 1.15 bits per heavy atom. The molecule has 0 bridgehead atoms. The van der Waals surface area contributed by atoms with E-state index in [4.69, 9.17) is 0 Å². The van der Waals surface area contributed by atoms with E-state index in [2.05, 4.69) is 11.2 Å². The molecule has 5 nitrogen and oxygen atoms in total. The van der Waals surface area contributed by atoms with Crippen molar-refractivity contribution >= 4 is 18.1 Å². The van der Waals surface area contributed by atoms with Gasteiger partial charge < -0.3 is 5.11 Å². The topological polar surface area (TPSA) is 78.9 Å². The predicted molar refractivity (Wildman–Crippen MR) is 100 cm³/mol. The minimum absolute atomic E-state index is 0.216. The maximum Gasteiger partial charge on any atom is 0.336 e. The standard InChI is InChI=1S/C21H17N3O2/c1-2-24-19(13-12-15-8-6-7-11-17(15)21(25)26)18(14-22)20(23-24)16-9-4-3-5-10-16/h3-13H,2H2,1H3,(H,25,26)/b13-12+. The molecule has 0 unspecified atom stereocenters. The van der Waals surface area contributed by atoms with Gasteiger partial charge in [-0.05, 0) is 24.6 Å². The average Bonchev–Trinajstić information content (AvgIpc) is 3.04. The smallest absolute Gasteiger partial charge is 0.336 e. The molecule has 128 valence electrons. The summed E-state index contributed by atoms with van der Waals surface area (Å²) in [5.41, 5.74) is 3.43. The van der Waals surface area contributed by atoms with Gasteiger partial charge in [-0.3, -0.25) is 4.68 Å². The van der Waals surface area contributed by atoms with E-state index < -0.39 is 5.97 Å². The molecule has 5 heteroatoms. The summed E-state index contributed by atoms with van der Waals surface area (Å²) in [6.45, 7) is 2.55. The zero-order valence-corrected chi connectivity index (χ0v) is 14.3. The maximum absolute atomic E-state index is 11.4. The largest absolute Gasteiger partial charge is 0.478 e. The van der Waals surface area contributed by atoms with E-state index in [-0.39, 0.29) is 5.56 Å². The molecule has 26 heavy (non-hydrogen) atoms.